The van der Waals surface area contributed by atoms with Crippen molar-refractivity contribution in [3.63, 3.8) is 0 Å². The first-order chi connectivity index (χ1) is 8.22. The number of nitrogens with one attached hydrogen (secondary N) is 1. The predicted molar refractivity (Wildman–Crippen MR) is 65.9 cm³/mol. The van der Waals surface area contributed by atoms with Crippen LogP contribution in [0.2, 0.25) is 0 Å². The maximum Gasteiger partial charge on any atom is 0.220 e. The van der Waals surface area contributed by atoms with Crippen molar-refractivity contribution >= 4 is 5.91 Å². The van der Waals surface area contributed by atoms with Gasteiger partial charge in [0.05, 0.1) is 0 Å². The molecule has 0 aromatic heterocycles. The largest absolute Gasteiger partial charge is 0.508 e. The van der Waals surface area contributed by atoms with E-state index in [0.717, 1.165) is 18.4 Å². The van der Waals surface area contributed by atoms with Gasteiger partial charge in [0.1, 0.15) is 5.75 Å². The summed E-state index contributed by atoms with van der Waals surface area (Å²) in [5, 5.41) is 12.0. The summed E-state index contributed by atoms with van der Waals surface area (Å²) >= 11 is 0. The average Bonchev–Trinajstić information content (AvgIpc) is 2.32. The van der Waals surface area contributed by atoms with Crippen LogP contribution in [0.15, 0.2) is 24.3 Å². The fourth-order valence-electron chi connectivity index (χ4n) is 1.47. The summed E-state index contributed by atoms with van der Waals surface area (Å²) in [5.41, 5.74) is 1.10. The molecule has 0 radical (unpaired) electrons. The molecular weight excluding hydrogens is 218 g/mol. The lowest BCUT2D eigenvalue weighted by molar-refractivity contribution is -0.121. The second kappa shape index (κ2) is 7.68. The maximum atomic E-state index is 11.4. The molecule has 0 heterocycles. The van der Waals surface area contributed by atoms with Gasteiger partial charge in [0.25, 0.3) is 0 Å². The Hall–Kier alpha value is -1.55. The molecule has 0 aliphatic carbocycles. The third-order valence-electron chi connectivity index (χ3n) is 2.42. The SMILES string of the molecule is COCCCC(=O)NCCc1ccc(O)cc1. The number of amides is 1. The molecule has 0 saturated carbocycles. The fraction of sp³-hybridized carbons (Fsp3) is 0.462. The van der Waals surface area contributed by atoms with E-state index in [-0.39, 0.29) is 11.7 Å². The van der Waals surface area contributed by atoms with E-state index in [1.54, 1.807) is 19.2 Å². The Morgan fingerprint density at radius 3 is 2.71 bits per heavy atom. The van der Waals surface area contributed by atoms with Gasteiger partial charge in [0, 0.05) is 26.7 Å². The highest BCUT2D eigenvalue weighted by Crippen LogP contribution is 2.09. The summed E-state index contributed by atoms with van der Waals surface area (Å²) in [7, 11) is 1.63. The molecule has 17 heavy (non-hydrogen) atoms. The van der Waals surface area contributed by atoms with Crippen LogP contribution in [-0.2, 0) is 16.0 Å². The zero-order valence-corrected chi connectivity index (χ0v) is 10.1. The van der Waals surface area contributed by atoms with Crippen molar-refractivity contribution in [2.45, 2.75) is 19.3 Å². The van der Waals surface area contributed by atoms with E-state index in [4.69, 9.17) is 9.84 Å². The highest BCUT2D eigenvalue weighted by Gasteiger charge is 2.00. The first kappa shape index (κ1) is 13.5. The molecule has 94 valence electrons. The summed E-state index contributed by atoms with van der Waals surface area (Å²) in [6.07, 6.45) is 2.03. The zero-order valence-electron chi connectivity index (χ0n) is 10.1. The molecule has 0 aliphatic rings. The summed E-state index contributed by atoms with van der Waals surface area (Å²) in [4.78, 5) is 11.4. The monoisotopic (exact) mass is 237 g/mol. The molecule has 4 nitrogen and oxygen atoms in total. The van der Waals surface area contributed by atoms with Crippen molar-refractivity contribution < 1.29 is 14.6 Å². The second-order valence-corrected chi connectivity index (χ2v) is 3.86. The van der Waals surface area contributed by atoms with Crippen molar-refractivity contribution in [3.05, 3.63) is 29.8 Å². The van der Waals surface area contributed by atoms with Crippen molar-refractivity contribution in [1.29, 1.82) is 0 Å². The number of phenols is 1. The Morgan fingerprint density at radius 1 is 1.35 bits per heavy atom. The Kier molecular flexibility index (Phi) is 6.10. The van der Waals surface area contributed by atoms with E-state index in [2.05, 4.69) is 5.32 Å². The third-order valence-corrected chi connectivity index (χ3v) is 2.42. The standard InChI is InChI=1S/C13H19NO3/c1-17-10-2-3-13(16)14-9-8-11-4-6-12(15)7-5-11/h4-7,15H,2-3,8-10H2,1H3,(H,14,16). The average molecular weight is 237 g/mol. The van der Waals surface area contributed by atoms with Gasteiger partial charge in [0.2, 0.25) is 5.91 Å². The Balaban J connectivity index is 2.14. The van der Waals surface area contributed by atoms with Crippen LogP contribution in [-0.4, -0.2) is 31.3 Å². The summed E-state index contributed by atoms with van der Waals surface area (Å²) in [5.74, 6) is 0.318. The maximum absolute atomic E-state index is 11.4. The Labute approximate surface area is 102 Å². The van der Waals surface area contributed by atoms with Crippen molar-refractivity contribution in [2.75, 3.05) is 20.3 Å². The number of benzene rings is 1. The zero-order chi connectivity index (χ0) is 12.5. The molecule has 0 spiro atoms. The van der Waals surface area contributed by atoms with Crippen molar-refractivity contribution in [2.24, 2.45) is 0 Å². The quantitative estimate of drug-likeness (QED) is 0.706. The number of phenolic OH excluding ortho intramolecular Hbond substituents is 1. The first-order valence-electron chi connectivity index (χ1n) is 5.76. The molecule has 1 aromatic rings. The van der Waals surface area contributed by atoms with Crippen LogP contribution in [0.5, 0.6) is 5.75 Å². The molecule has 0 bridgehead atoms. The normalized spacial score (nSPS) is 10.2. The van der Waals surface area contributed by atoms with E-state index in [0.29, 0.717) is 19.6 Å². The Bertz CT molecular complexity index is 335. The van der Waals surface area contributed by atoms with E-state index < -0.39 is 0 Å². The minimum Gasteiger partial charge on any atom is -0.508 e. The summed E-state index contributed by atoms with van der Waals surface area (Å²) < 4.78 is 4.87. The van der Waals surface area contributed by atoms with Gasteiger partial charge < -0.3 is 15.2 Å². The van der Waals surface area contributed by atoms with Gasteiger partial charge in [-0.3, -0.25) is 4.79 Å². The van der Waals surface area contributed by atoms with Crippen LogP contribution >= 0.6 is 0 Å². The lowest BCUT2D eigenvalue weighted by Crippen LogP contribution is -2.25. The minimum atomic E-state index is 0.0563. The van der Waals surface area contributed by atoms with Gasteiger partial charge in [0.15, 0.2) is 0 Å². The highest BCUT2D eigenvalue weighted by molar-refractivity contribution is 5.75. The molecular formula is C13H19NO3. The molecule has 1 amide bonds. The van der Waals surface area contributed by atoms with Gasteiger partial charge >= 0.3 is 0 Å². The van der Waals surface area contributed by atoms with Crippen LogP contribution in [0.3, 0.4) is 0 Å². The third kappa shape index (κ3) is 5.92. The smallest absolute Gasteiger partial charge is 0.220 e. The van der Waals surface area contributed by atoms with Crippen molar-refractivity contribution in [1.82, 2.24) is 5.32 Å². The molecule has 1 aromatic carbocycles. The van der Waals surface area contributed by atoms with E-state index >= 15 is 0 Å². The summed E-state index contributed by atoms with van der Waals surface area (Å²) in [6.45, 7) is 1.24. The number of rotatable bonds is 7. The Morgan fingerprint density at radius 2 is 2.06 bits per heavy atom. The van der Waals surface area contributed by atoms with Crippen LogP contribution in [0.1, 0.15) is 18.4 Å². The van der Waals surface area contributed by atoms with Gasteiger partial charge in [-0.1, -0.05) is 12.1 Å². The molecule has 0 saturated heterocycles. The van der Waals surface area contributed by atoms with Crippen LogP contribution < -0.4 is 5.32 Å². The van der Waals surface area contributed by atoms with E-state index in [1.807, 2.05) is 12.1 Å². The molecule has 1 rings (SSSR count). The summed E-state index contributed by atoms with van der Waals surface area (Å²) in [6, 6.07) is 7.00. The topological polar surface area (TPSA) is 58.6 Å². The number of hydrogen-bond donors (Lipinski definition) is 2. The number of ether oxygens (including phenoxy) is 1. The predicted octanol–water partition coefficient (Wildman–Crippen LogP) is 1.48. The lowest BCUT2D eigenvalue weighted by atomic mass is 10.1. The van der Waals surface area contributed by atoms with E-state index in [1.165, 1.54) is 0 Å². The number of carbonyl (C=O) groups excluding carboxylic acids is 1. The number of aromatic hydroxyl groups is 1. The van der Waals surface area contributed by atoms with Crippen LogP contribution in [0.4, 0.5) is 0 Å². The molecule has 0 fully saturated rings. The van der Waals surface area contributed by atoms with Crippen LogP contribution in [0.25, 0.3) is 0 Å². The number of hydrogen-bond acceptors (Lipinski definition) is 3. The second-order valence-electron chi connectivity index (χ2n) is 3.86. The highest BCUT2D eigenvalue weighted by atomic mass is 16.5. The molecule has 4 heteroatoms. The molecule has 0 aliphatic heterocycles. The molecule has 0 atom stereocenters. The van der Waals surface area contributed by atoms with Gasteiger partial charge in [-0.25, -0.2) is 0 Å². The molecule has 2 N–H and O–H groups in total. The van der Waals surface area contributed by atoms with Crippen LogP contribution in [0, 0.1) is 0 Å². The van der Waals surface area contributed by atoms with Gasteiger partial charge in [-0.2, -0.15) is 0 Å². The van der Waals surface area contributed by atoms with Gasteiger partial charge in [-0.15, -0.1) is 0 Å². The number of methoxy groups -OCH3 is 1. The first-order valence-corrected chi connectivity index (χ1v) is 5.76. The molecule has 0 unspecified atom stereocenters. The van der Waals surface area contributed by atoms with E-state index in [9.17, 15) is 4.79 Å². The van der Waals surface area contributed by atoms with Gasteiger partial charge in [-0.05, 0) is 30.5 Å². The van der Waals surface area contributed by atoms with Crippen molar-refractivity contribution in [3.8, 4) is 5.75 Å². The number of carbonyl (C=O) groups is 1. The lowest BCUT2D eigenvalue weighted by Gasteiger charge is -2.05. The fourth-order valence-corrected chi connectivity index (χ4v) is 1.47. The minimum absolute atomic E-state index is 0.0563.